The van der Waals surface area contributed by atoms with Crippen molar-refractivity contribution in [1.29, 1.82) is 0 Å². The van der Waals surface area contributed by atoms with Crippen LogP contribution in [-0.2, 0) is 11.3 Å². The lowest BCUT2D eigenvalue weighted by atomic mass is 10.1. The molecule has 2 amide bonds. The Hall–Kier alpha value is -4.20. The predicted octanol–water partition coefficient (Wildman–Crippen LogP) is 3.70. The van der Waals surface area contributed by atoms with Crippen LogP contribution in [0.25, 0.3) is 6.08 Å². The van der Waals surface area contributed by atoms with Crippen LogP contribution in [0.5, 0.6) is 17.2 Å². The van der Waals surface area contributed by atoms with Gasteiger partial charge in [-0.05, 0) is 48.4 Å². The van der Waals surface area contributed by atoms with Crippen molar-refractivity contribution in [3.8, 4) is 17.2 Å². The summed E-state index contributed by atoms with van der Waals surface area (Å²) in [4.78, 5) is 25.8. The Kier molecular flexibility index (Phi) is 7.75. The van der Waals surface area contributed by atoms with Gasteiger partial charge in [-0.2, -0.15) is 0 Å². The fourth-order valence-electron chi connectivity index (χ4n) is 3.21. The van der Waals surface area contributed by atoms with Crippen LogP contribution >= 0.6 is 0 Å². The minimum absolute atomic E-state index is 0.0469. The topological polar surface area (TPSA) is 99.0 Å². The third kappa shape index (κ3) is 5.74. The zero-order valence-corrected chi connectivity index (χ0v) is 18.9. The molecule has 0 unspecified atom stereocenters. The highest BCUT2D eigenvalue weighted by Crippen LogP contribution is 2.38. The van der Waals surface area contributed by atoms with Crippen LogP contribution in [0.3, 0.4) is 0 Å². The van der Waals surface area contributed by atoms with Gasteiger partial charge >= 0.3 is 0 Å². The maximum Gasteiger partial charge on any atom is 0.268 e. The van der Waals surface area contributed by atoms with Gasteiger partial charge in [-0.25, -0.2) is 0 Å². The van der Waals surface area contributed by atoms with Crippen molar-refractivity contribution in [2.45, 2.75) is 13.5 Å². The molecule has 3 aromatic rings. The zero-order valence-electron chi connectivity index (χ0n) is 18.9. The van der Waals surface area contributed by atoms with Crippen LogP contribution < -0.4 is 24.8 Å². The summed E-state index contributed by atoms with van der Waals surface area (Å²) >= 11 is 0. The molecule has 0 aliphatic heterocycles. The molecule has 3 rings (SSSR count). The zero-order chi connectivity index (χ0) is 23.8. The number of aryl methyl sites for hydroxylation is 1. The van der Waals surface area contributed by atoms with Gasteiger partial charge in [0.2, 0.25) is 5.75 Å². The number of furan rings is 1. The van der Waals surface area contributed by atoms with E-state index < -0.39 is 11.8 Å². The van der Waals surface area contributed by atoms with Gasteiger partial charge in [-0.15, -0.1) is 0 Å². The summed E-state index contributed by atoms with van der Waals surface area (Å²) in [5, 5.41) is 5.50. The molecule has 2 aromatic carbocycles. The molecular formula is C25H26N2O6. The molecule has 0 aliphatic rings. The van der Waals surface area contributed by atoms with Crippen molar-refractivity contribution in [3.05, 3.63) is 82.9 Å². The molecule has 0 bridgehead atoms. The van der Waals surface area contributed by atoms with Gasteiger partial charge in [0, 0.05) is 18.2 Å². The third-order valence-electron chi connectivity index (χ3n) is 4.89. The Morgan fingerprint density at radius 2 is 1.67 bits per heavy atom. The monoisotopic (exact) mass is 450 g/mol. The van der Waals surface area contributed by atoms with Crippen LogP contribution in [-0.4, -0.2) is 33.1 Å². The number of methoxy groups -OCH3 is 3. The van der Waals surface area contributed by atoms with Gasteiger partial charge in [0.1, 0.15) is 11.5 Å². The molecule has 0 saturated carbocycles. The fraction of sp³-hybridized carbons (Fsp3) is 0.200. The first kappa shape index (κ1) is 23.5. The molecule has 0 radical (unpaired) electrons. The smallest absolute Gasteiger partial charge is 0.268 e. The molecular weight excluding hydrogens is 424 g/mol. The van der Waals surface area contributed by atoms with Gasteiger partial charge in [0.15, 0.2) is 11.5 Å². The number of carbonyl (C=O) groups excluding carboxylic acids is 2. The highest BCUT2D eigenvalue weighted by molar-refractivity contribution is 6.05. The minimum Gasteiger partial charge on any atom is -0.493 e. The number of carbonyl (C=O) groups is 2. The molecule has 8 nitrogen and oxygen atoms in total. The minimum atomic E-state index is -0.484. The molecule has 0 spiro atoms. The Balaban J connectivity index is 1.81. The van der Waals surface area contributed by atoms with Crippen LogP contribution in [0.2, 0.25) is 0 Å². The van der Waals surface area contributed by atoms with E-state index in [9.17, 15) is 9.59 Å². The SMILES string of the molecule is COc1cc(CNC(=O)/C(=C/c2ccco2)NC(=O)c2ccccc2C)cc(OC)c1OC. The van der Waals surface area contributed by atoms with Crippen LogP contribution in [0.4, 0.5) is 0 Å². The van der Waals surface area contributed by atoms with Gasteiger partial charge in [-0.3, -0.25) is 9.59 Å². The Bertz CT molecular complexity index is 1130. The van der Waals surface area contributed by atoms with Gasteiger partial charge in [0.25, 0.3) is 11.8 Å². The van der Waals surface area contributed by atoms with Crippen molar-refractivity contribution < 1.29 is 28.2 Å². The second kappa shape index (κ2) is 10.9. The lowest BCUT2D eigenvalue weighted by Crippen LogP contribution is -2.34. The molecule has 0 aliphatic carbocycles. The molecule has 0 fully saturated rings. The van der Waals surface area contributed by atoms with E-state index in [0.717, 1.165) is 11.1 Å². The maximum absolute atomic E-state index is 13.0. The van der Waals surface area contributed by atoms with Crippen molar-refractivity contribution in [2.24, 2.45) is 0 Å². The van der Waals surface area contributed by atoms with Gasteiger partial charge < -0.3 is 29.3 Å². The number of nitrogens with one attached hydrogen (secondary N) is 2. The highest BCUT2D eigenvalue weighted by Gasteiger charge is 2.18. The first-order valence-corrected chi connectivity index (χ1v) is 10.2. The summed E-state index contributed by atoms with van der Waals surface area (Å²) in [5.41, 5.74) is 2.04. The molecule has 172 valence electrons. The Morgan fingerprint density at radius 3 is 2.24 bits per heavy atom. The Morgan fingerprint density at radius 1 is 0.970 bits per heavy atom. The maximum atomic E-state index is 13.0. The summed E-state index contributed by atoms with van der Waals surface area (Å²) in [6, 6.07) is 14.0. The van der Waals surface area contributed by atoms with Crippen LogP contribution in [0.15, 0.2) is 64.9 Å². The van der Waals surface area contributed by atoms with E-state index in [-0.39, 0.29) is 12.2 Å². The summed E-state index contributed by atoms with van der Waals surface area (Å²) in [7, 11) is 4.56. The highest BCUT2D eigenvalue weighted by atomic mass is 16.5. The van der Waals surface area contributed by atoms with E-state index in [0.29, 0.717) is 28.6 Å². The number of hydrogen-bond acceptors (Lipinski definition) is 6. The fourth-order valence-corrected chi connectivity index (χ4v) is 3.21. The van der Waals surface area contributed by atoms with E-state index in [1.807, 2.05) is 19.1 Å². The number of ether oxygens (including phenoxy) is 3. The molecule has 1 heterocycles. The van der Waals surface area contributed by atoms with E-state index >= 15 is 0 Å². The summed E-state index contributed by atoms with van der Waals surface area (Å²) in [6.45, 7) is 1.99. The molecule has 2 N–H and O–H groups in total. The first-order valence-electron chi connectivity index (χ1n) is 10.2. The Labute approximate surface area is 192 Å². The number of rotatable bonds is 9. The largest absolute Gasteiger partial charge is 0.493 e. The lowest BCUT2D eigenvalue weighted by molar-refractivity contribution is -0.117. The van der Waals surface area contributed by atoms with Gasteiger partial charge in [0.05, 0.1) is 27.6 Å². The second-order valence-corrected chi connectivity index (χ2v) is 7.06. The molecule has 1 aromatic heterocycles. The van der Waals surface area contributed by atoms with Crippen molar-refractivity contribution in [2.75, 3.05) is 21.3 Å². The predicted molar refractivity (Wildman–Crippen MR) is 123 cm³/mol. The molecule has 33 heavy (non-hydrogen) atoms. The summed E-state index contributed by atoms with van der Waals surface area (Å²) in [5.74, 6) is 0.952. The third-order valence-corrected chi connectivity index (χ3v) is 4.89. The van der Waals surface area contributed by atoms with E-state index in [4.69, 9.17) is 18.6 Å². The van der Waals surface area contributed by atoms with E-state index in [2.05, 4.69) is 10.6 Å². The standard InChI is InChI=1S/C25H26N2O6/c1-16-8-5-6-10-19(16)24(28)27-20(14-18-9-7-11-33-18)25(29)26-15-17-12-21(30-2)23(32-4)22(13-17)31-3/h5-14H,15H2,1-4H3,(H,26,29)(H,27,28)/b20-14-. The molecule has 0 atom stereocenters. The van der Waals surface area contributed by atoms with E-state index in [1.54, 1.807) is 36.4 Å². The molecule has 8 heteroatoms. The van der Waals surface area contributed by atoms with Gasteiger partial charge in [-0.1, -0.05) is 18.2 Å². The normalized spacial score (nSPS) is 11.0. The van der Waals surface area contributed by atoms with Crippen molar-refractivity contribution in [1.82, 2.24) is 10.6 Å². The van der Waals surface area contributed by atoms with Crippen LogP contribution in [0.1, 0.15) is 27.2 Å². The van der Waals surface area contributed by atoms with Crippen molar-refractivity contribution >= 4 is 17.9 Å². The van der Waals surface area contributed by atoms with E-state index in [1.165, 1.54) is 33.7 Å². The summed E-state index contributed by atoms with van der Waals surface area (Å²) < 4.78 is 21.4. The average Bonchev–Trinajstić information content (AvgIpc) is 3.34. The average molecular weight is 450 g/mol. The number of hydrogen-bond donors (Lipinski definition) is 2. The number of benzene rings is 2. The first-order chi connectivity index (χ1) is 16.0. The molecule has 0 saturated heterocycles. The lowest BCUT2D eigenvalue weighted by Gasteiger charge is -2.15. The summed E-state index contributed by atoms with van der Waals surface area (Å²) in [6.07, 6.45) is 2.96. The number of amides is 2. The quantitative estimate of drug-likeness (QED) is 0.483. The second-order valence-electron chi connectivity index (χ2n) is 7.06. The van der Waals surface area contributed by atoms with Crippen molar-refractivity contribution in [3.63, 3.8) is 0 Å². The van der Waals surface area contributed by atoms with Crippen LogP contribution in [0, 0.1) is 6.92 Å².